The molecule has 0 saturated carbocycles. The lowest BCUT2D eigenvalue weighted by Crippen LogP contribution is -2.43. The second-order valence-electron chi connectivity index (χ2n) is 6.47. The minimum Gasteiger partial charge on any atom is -0.460 e. The second kappa shape index (κ2) is 4.98. The fourth-order valence-corrected chi connectivity index (χ4v) is 3.58. The number of fused-ring (bicyclic) bond motifs is 3. The molecule has 4 heterocycles. The van der Waals surface area contributed by atoms with Gasteiger partial charge < -0.3 is 19.5 Å². The van der Waals surface area contributed by atoms with Crippen LogP contribution in [0.15, 0.2) is 22.9 Å². The molecular formula is C16H20N4O2. The Bertz CT molecular complexity index is 724. The van der Waals surface area contributed by atoms with E-state index >= 15 is 0 Å². The summed E-state index contributed by atoms with van der Waals surface area (Å²) in [5.74, 6) is 0.505. The van der Waals surface area contributed by atoms with Crippen LogP contribution in [-0.4, -0.2) is 55.6 Å². The highest BCUT2D eigenvalue weighted by atomic mass is 16.3. The Hall–Kier alpha value is -2.08. The van der Waals surface area contributed by atoms with E-state index < -0.39 is 0 Å². The molecule has 0 spiro atoms. The molecule has 2 unspecified atom stereocenters. The topological polar surface area (TPSA) is 61.6 Å². The number of aromatic nitrogens is 1. The Morgan fingerprint density at radius 3 is 3.00 bits per heavy atom. The van der Waals surface area contributed by atoms with Gasteiger partial charge in [-0.3, -0.25) is 4.79 Å². The van der Waals surface area contributed by atoms with Gasteiger partial charge in [0.2, 0.25) is 0 Å². The van der Waals surface area contributed by atoms with Crippen LogP contribution in [-0.2, 0) is 0 Å². The van der Waals surface area contributed by atoms with E-state index in [1.165, 1.54) is 13.0 Å². The summed E-state index contributed by atoms with van der Waals surface area (Å²) in [5.41, 5.74) is 2.11. The first-order valence-electron chi connectivity index (χ1n) is 7.69. The maximum absolute atomic E-state index is 12.5. The van der Waals surface area contributed by atoms with Crippen molar-refractivity contribution in [3.8, 4) is 0 Å². The molecule has 1 amide bonds. The van der Waals surface area contributed by atoms with Crippen molar-refractivity contribution in [1.82, 2.24) is 15.2 Å². The van der Waals surface area contributed by atoms with E-state index in [-0.39, 0.29) is 11.9 Å². The first-order chi connectivity index (χ1) is 10.6. The minimum atomic E-state index is -0.0912. The predicted molar refractivity (Wildman–Crippen MR) is 84.1 cm³/mol. The van der Waals surface area contributed by atoms with Crippen molar-refractivity contribution in [3.63, 3.8) is 0 Å². The standard InChI is InChI=1S/C16H20N4O2/c1-19(2)14-9-22-15-6-17-12(5-11(14)15)16(21)18-13-8-20-4-3-10(13)7-20/h5-6,9-10,13H,3-4,7-8H2,1-2H3,(H,18,21)/t10-,13?/m0/s1. The Morgan fingerprint density at radius 2 is 2.32 bits per heavy atom. The summed E-state index contributed by atoms with van der Waals surface area (Å²) in [6.45, 7) is 3.25. The highest BCUT2D eigenvalue weighted by Crippen LogP contribution is 2.29. The second-order valence-corrected chi connectivity index (χ2v) is 6.47. The third kappa shape index (κ3) is 2.14. The quantitative estimate of drug-likeness (QED) is 0.926. The van der Waals surface area contributed by atoms with Gasteiger partial charge in [-0.05, 0) is 24.9 Å². The highest BCUT2D eigenvalue weighted by Gasteiger charge is 2.38. The van der Waals surface area contributed by atoms with Crippen LogP contribution in [0.5, 0.6) is 0 Å². The number of hydrogen-bond donors (Lipinski definition) is 1. The Balaban J connectivity index is 1.57. The molecule has 2 bridgehead atoms. The van der Waals surface area contributed by atoms with Crippen LogP contribution in [0.2, 0.25) is 0 Å². The fourth-order valence-electron chi connectivity index (χ4n) is 3.58. The summed E-state index contributed by atoms with van der Waals surface area (Å²) in [6.07, 6.45) is 4.50. The number of amides is 1. The molecular weight excluding hydrogens is 280 g/mol. The third-order valence-corrected chi connectivity index (χ3v) is 4.80. The monoisotopic (exact) mass is 300 g/mol. The summed E-state index contributed by atoms with van der Waals surface area (Å²) >= 11 is 0. The molecule has 4 rings (SSSR count). The van der Waals surface area contributed by atoms with Gasteiger partial charge in [0, 0.05) is 38.6 Å². The average molecular weight is 300 g/mol. The lowest BCUT2D eigenvalue weighted by Gasteiger charge is -2.22. The summed E-state index contributed by atoms with van der Waals surface area (Å²) < 4.78 is 5.48. The Kier molecular flexibility index (Phi) is 3.07. The molecule has 2 aromatic rings. The molecule has 2 aromatic heterocycles. The third-order valence-electron chi connectivity index (χ3n) is 4.80. The summed E-state index contributed by atoms with van der Waals surface area (Å²) in [4.78, 5) is 21.1. The number of hydrogen-bond acceptors (Lipinski definition) is 5. The molecule has 2 aliphatic rings. The average Bonchev–Trinajstić information content (AvgIpc) is 3.20. The predicted octanol–water partition coefficient (Wildman–Crippen LogP) is 1.33. The Morgan fingerprint density at radius 1 is 1.45 bits per heavy atom. The maximum Gasteiger partial charge on any atom is 0.270 e. The summed E-state index contributed by atoms with van der Waals surface area (Å²) in [6, 6.07) is 2.08. The van der Waals surface area contributed by atoms with Gasteiger partial charge in [-0.25, -0.2) is 4.98 Å². The van der Waals surface area contributed by atoms with Crippen molar-refractivity contribution in [3.05, 3.63) is 24.2 Å². The summed E-state index contributed by atoms with van der Waals surface area (Å²) in [7, 11) is 3.91. The van der Waals surface area contributed by atoms with E-state index in [1.54, 1.807) is 12.5 Å². The SMILES string of the molecule is CN(C)c1coc2cnc(C(=O)NC3CN4CC[C@H]3C4)cc12. The van der Waals surface area contributed by atoms with E-state index in [4.69, 9.17) is 4.42 Å². The lowest BCUT2D eigenvalue weighted by atomic mass is 10.00. The molecule has 22 heavy (non-hydrogen) atoms. The van der Waals surface area contributed by atoms with Crippen LogP contribution < -0.4 is 10.2 Å². The van der Waals surface area contributed by atoms with Crippen LogP contribution in [0, 0.1) is 5.92 Å². The smallest absolute Gasteiger partial charge is 0.270 e. The van der Waals surface area contributed by atoms with E-state index in [0.29, 0.717) is 17.2 Å². The van der Waals surface area contributed by atoms with Crippen LogP contribution >= 0.6 is 0 Å². The van der Waals surface area contributed by atoms with Crippen LogP contribution in [0.3, 0.4) is 0 Å². The van der Waals surface area contributed by atoms with Crippen molar-refractivity contribution >= 4 is 22.6 Å². The number of piperidine rings is 1. The van der Waals surface area contributed by atoms with Gasteiger partial charge in [0.05, 0.1) is 11.9 Å². The molecule has 6 heteroatoms. The van der Waals surface area contributed by atoms with Gasteiger partial charge in [-0.15, -0.1) is 0 Å². The van der Waals surface area contributed by atoms with Crippen LogP contribution in [0.4, 0.5) is 5.69 Å². The minimum absolute atomic E-state index is 0.0912. The van der Waals surface area contributed by atoms with E-state index in [0.717, 1.165) is 24.2 Å². The number of furan rings is 1. The van der Waals surface area contributed by atoms with Gasteiger partial charge in [-0.2, -0.15) is 0 Å². The largest absolute Gasteiger partial charge is 0.460 e. The number of nitrogens with one attached hydrogen (secondary N) is 1. The number of pyridine rings is 1. The van der Waals surface area contributed by atoms with Crippen molar-refractivity contribution in [2.75, 3.05) is 38.6 Å². The molecule has 2 aliphatic heterocycles. The van der Waals surface area contributed by atoms with Gasteiger partial charge in [-0.1, -0.05) is 0 Å². The molecule has 1 N–H and O–H groups in total. The first-order valence-corrected chi connectivity index (χ1v) is 7.69. The molecule has 2 saturated heterocycles. The fraction of sp³-hybridized carbons (Fsp3) is 0.500. The van der Waals surface area contributed by atoms with Gasteiger partial charge in [0.1, 0.15) is 12.0 Å². The van der Waals surface area contributed by atoms with E-state index in [2.05, 4.69) is 15.2 Å². The summed E-state index contributed by atoms with van der Waals surface area (Å²) in [5, 5.41) is 4.06. The van der Waals surface area contributed by atoms with E-state index in [1.807, 2.05) is 25.1 Å². The van der Waals surface area contributed by atoms with Gasteiger partial charge in [0.25, 0.3) is 5.91 Å². The van der Waals surface area contributed by atoms with Gasteiger partial charge >= 0.3 is 0 Å². The Labute approximate surface area is 129 Å². The first kappa shape index (κ1) is 13.6. The zero-order chi connectivity index (χ0) is 15.3. The molecule has 6 nitrogen and oxygen atoms in total. The molecule has 3 atom stereocenters. The van der Waals surface area contributed by atoms with Crippen LogP contribution in [0.25, 0.3) is 11.0 Å². The van der Waals surface area contributed by atoms with E-state index in [9.17, 15) is 4.79 Å². The number of nitrogens with zero attached hydrogens (tertiary/aromatic N) is 3. The number of anilines is 1. The van der Waals surface area contributed by atoms with Crippen molar-refractivity contribution in [2.24, 2.45) is 5.92 Å². The lowest BCUT2D eigenvalue weighted by molar-refractivity contribution is 0.0919. The van der Waals surface area contributed by atoms with Crippen molar-refractivity contribution < 1.29 is 9.21 Å². The molecule has 0 radical (unpaired) electrons. The number of carbonyl (C=O) groups excluding carboxylic acids is 1. The highest BCUT2D eigenvalue weighted by molar-refractivity contribution is 5.99. The van der Waals surface area contributed by atoms with Gasteiger partial charge in [0.15, 0.2) is 5.58 Å². The maximum atomic E-state index is 12.5. The normalized spacial score (nSPS) is 26.5. The van der Waals surface area contributed by atoms with Crippen molar-refractivity contribution in [2.45, 2.75) is 12.5 Å². The molecule has 0 aliphatic carbocycles. The molecule has 0 aromatic carbocycles. The zero-order valence-corrected chi connectivity index (χ0v) is 12.9. The number of carbonyl (C=O) groups is 1. The molecule has 2 fully saturated rings. The number of rotatable bonds is 3. The van der Waals surface area contributed by atoms with Crippen LogP contribution in [0.1, 0.15) is 16.9 Å². The van der Waals surface area contributed by atoms with Crippen molar-refractivity contribution in [1.29, 1.82) is 0 Å². The molecule has 116 valence electrons. The zero-order valence-electron chi connectivity index (χ0n) is 12.9.